The molecule has 1 saturated heterocycles. The van der Waals surface area contributed by atoms with Gasteiger partial charge in [-0.25, -0.2) is 0 Å². The Morgan fingerprint density at radius 2 is 1.71 bits per heavy atom. The minimum absolute atomic E-state index is 0.0286. The van der Waals surface area contributed by atoms with Gasteiger partial charge in [0.15, 0.2) is 0 Å². The summed E-state index contributed by atoms with van der Waals surface area (Å²) in [6.45, 7) is 4.12. The summed E-state index contributed by atoms with van der Waals surface area (Å²) in [5, 5.41) is 0. The van der Waals surface area contributed by atoms with Gasteiger partial charge in [0.2, 0.25) is 0 Å². The average molecular weight is 386 g/mol. The molecule has 3 nitrogen and oxygen atoms in total. The summed E-state index contributed by atoms with van der Waals surface area (Å²) in [7, 11) is 0. The molecule has 0 spiro atoms. The van der Waals surface area contributed by atoms with Gasteiger partial charge < -0.3 is 0 Å². The van der Waals surface area contributed by atoms with Crippen molar-refractivity contribution < 1.29 is 9.53 Å². The van der Waals surface area contributed by atoms with Gasteiger partial charge in [-0.05, 0) is 0 Å². The number of hydrogen-bond acceptors (Lipinski definition) is 2. The van der Waals surface area contributed by atoms with Crippen LogP contribution in [-0.4, -0.2) is 37.2 Å². The van der Waals surface area contributed by atoms with Crippen molar-refractivity contribution in [1.82, 2.24) is 4.90 Å². The Hall–Kier alpha value is -1.90. The predicted molar refractivity (Wildman–Crippen MR) is 96.8 cm³/mol. The van der Waals surface area contributed by atoms with Crippen LogP contribution in [0.5, 0.6) is 0 Å². The predicted octanol–water partition coefficient (Wildman–Crippen LogP) is 3.42. The van der Waals surface area contributed by atoms with Crippen LogP contribution in [0.1, 0.15) is 43.4 Å². The molecule has 24 heavy (non-hydrogen) atoms. The van der Waals surface area contributed by atoms with Gasteiger partial charge in [0, 0.05) is 0 Å². The van der Waals surface area contributed by atoms with E-state index in [0.29, 0.717) is 11.1 Å². The number of benzene rings is 2. The quantitative estimate of drug-likeness (QED) is 0.754. The molecule has 3 rings (SSSR count). The summed E-state index contributed by atoms with van der Waals surface area (Å²) in [6, 6.07) is 20.2. The number of hydrogen-bond donors (Lipinski definition) is 0. The third-order valence-corrected chi connectivity index (χ3v) is 5.13. The van der Waals surface area contributed by atoms with E-state index >= 15 is 0 Å². The van der Waals surface area contributed by atoms with Crippen LogP contribution in [0.2, 0.25) is 0 Å². The second-order valence-electron chi connectivity index (χ2n) is 6.24. The zero-order valence-corrected chi connectivity index (χ0v) is 15.6. The van der Waals surface area contributed by atoms with Gasteiger partial charge in [-0.3, -0.25) is 0 Å². The first-order valence-electron chi connectivity index (χ1n) is 8.20. The number of ether oxygens (including phenoxy) is 1. The van der Waals surface area contributed by atoms with E-state index in [4.69, 9.17) is 4.74 Å². The SMILES string of the molecule is CC(CC(=O)N1C(=[Se])O[C@H](c2ccccc2)[C@@H]1C)c1ccccc1. The molecule has 1 unspecified atom stereocenters. The van der Waals surface area contributed by atoms with Crippen LogP contribution in [0.3, 0.4) is 0 Å². The summed E-state index contributed by atoms with van der Waals surface area (Å²) in [5.41, 5.74) is 2.27. The van der Waals surface area contributed by atoms with Crippen molar-refractivity contribution in [3.63, 3.8) is 0 Å². The van der Waals surface area contributed by atoms with Gasteiger partial charge in [0.05, 0.1) is 0 Å². The first kappa shape index (κ1) is 16.9. The first-order valence-corrected chi connectivity index (χ1v) is 9.06. The zero-order valence-electron chi connectivity index (χ0n) is 13.9. The maximum atomic E-state index is 12.8. The third-order valence-electron chi connectivity index (χ3n) is 4.52. The van der Waals surface area contributed by atoms with Crippen LogP contribution < -0.4 is 0 Å². The molecule has 0 aliphatic carbocycles. The van der Waals surface area contributed by atoms with Crippen LogP contribution in [0.15, 0.2) is 60.7 Å². The molecule has 4 heteroatoms. The minimum atomic E-state index is -0.126. The average Bonchev–Trinajstić information content (AvgIpc) is 2.91. The number of carbonyl (C=O) groups is 1. The van der Waals surface area contributed by atoms with E-state index in [1.165, 1.54) is 5.56 Å². The van der Waals surface area contributed by atoms with Crippen LogP contribution in [0.4, 0.5) is 0 Å². The first-order chi connectivity index (χ1) is 11.6. The van der Waals surface area contributed by atoms with Gasteiger partial charge in [-0.2, -0.15) is 0 Å². The number of amides is 1. The topological polar surface area (TPSA) is 29.5 Å². The van der Waals surface area contributed by atoms with E-state index in [9.17, 15) is 4.79 Å². The fourth-order valence-corrected chi connectivity index (χ4v) is 3.92. The Labute approximate surface area is 151 Å². The molecule has 2 aromatic rings. The normalized spacial score (nSPS) is 21.4. The monoisotopic (exact) mass is 387 g/mol. The Morgan fingerprint density at radius 3 is 2.33 bits per heavy atom. The van der Waals surface area contributed by atoms with Crippen LogP contribution in [-0.2, 0) is 9.53 Å². The van der Waals surface area contributed by atoms with Gasteiger partial charge in [-0.15, -0.1) is 0 Å². The molecule has 124 valence electrons. The fourth-order valence-electron chi connectivity index (χ4n) is 3.14. The van der Waals surface area contributed by atoms with E-state index < -0.39 is 0 Å². The standard InChI is InChI=1S/C20H21NO2Se/c1-14(16-9-5-3-6-10-16)13-18(22)21-15(2)19(23-20(21)24)17-11-7-4-8-12-17/h3-12,14-15,19H,13H2,1-2H3/t14?,15-,19-/m0/s1. The summed E-state index contributed by atoms with van der Waals surface area (Å²) in [5.74, 6) is 0.264. The molecule has 1 amide bonds. The molecular formula is C20H21NO2Se. The van der Waals surface area contributed by atoms with E-state index in [2.05, 4.69) is 34.6 Å². The molecule has 2 aromatic carbocycles. The van der Waals surface area contributed by atoms with Gasteiger partial charge in [-0.1, -0.05) is 0 Å². The number of nitrogens with zero attached hydrogens (tertiary/aromatic N) is 1. The molecule has 1 fully saturated rings. The van der Waals surface area contributed by atoms with Crippen molar-refractivity contribution in [1.29, 1.82) is 0 Å². The number of carbonyl (C=O) groups excluding carboxylic acids is 1. The van der Waals surface area contributed by atoms with Gasteiger partial charge in [0.25, 0.3) is 0 Å². The van der Waals surface area contributed by atoms with Crippen molar-refractivity contribution in [2.24, 2.45) is 0 Å². The molecule has 1 aliphatic heterocycles. The van der Waals surface area contributed by atoms with E-state index in [0.717, 1.165) is 5.56 Å². The van der Waals surface area contributed by atoms with E-state index in [1.807, 2.05) is 55.5 Å². The Kier molecular flexibility index (Phi) is 5.17. The number of rotatable bonds is 4. The van der Waals surface area contributed by atoms with E-state index in [-0.39, 0.29) is 24.0 Å². The Bertz CT molecular complexity index is 717. The summed E-state index contributed by atoms with van der Waals surface area (Å²) < 4.78 is 6.52. The van der Waals surface area contributed by atoms with Crippen LogP contribution in [0, 0.1) is 0 Å². The van der Waals surface area contributed by atoms with Crippen molar-refractivity contribution >= 4 is 26.2 Å². The van der Waals surface area contributed by atoms with E-state index in [1.54, 1.807) is 4.90 Å². The van der Waals surface area contributed by atoms with Crippen molar-refractivity contribution in [3.8, 4) is 0 Å². The van der Waals surface area contributed by atoms with Gasteiger partial charge in [0.1, 0.15) is 0 Å². The van der Waals surface area contributed by atoms with Crippen molar-refractivity contribution in [2.45, 2.75) is 38.3 Å². The molecule has 1 aliphatic rings. The molecule has 0 bridgehead atoms. The van der Waals surface area contributed by atoms with Crippen LogP contribution in [0.25, 0.3) is 0 Å². The summed E-state index contributed by atoms with van der Waals surface area (Å²) in [4.78, 5) is 14.6. The maximum absolute atomic E-state index is 12.8. The third kappa shape index (κ3) is 3.45. The molecule has 0 radical (unpaired) electrons. The molecule has 3 atom stereocenters. The zero-order chi connectivity index (χ0) is 17.1. The summed E-state index contributed by atoms with van der Waals surface area (Å²) >= 11 is 2.91. The summed E-state index contributed by atoms with van der Waals surface area (Å²) in [6.07, 6.45) is 0.336. The molecule has 0 aromatic heterocycles. The fraction of sp³-hybridized carbons (Fsp3) is 0.300. The van der Waals surface area contributed by atoms with Crippen molar-refractivity contribution in [3.05, 3.63) is 71.8 Å². The van der Waals surface area contributed by atoms with Crippen LogP contribution >= 0.6 is 0 Å². The van der Waals surface area contributed by atoms with Crippen molar-refractivity contribution in [2.75, 3.05) is 0 Å². The molecular weight excluding hydrogens is 365 g/mol. The molecule has 1 heterocycles. The van der Waals surface area contributed by atoms with Gasteiger partial charge >= 0.3 is 151 Å². The Morgan fingerprint density at radius 1 is 1.12 bits per heavy atom. The second kappa shape index (κ2) is 7.33. The molecule has 0 saturated carbocycles. The Balaban J connectivity index is 1.72. The molecule has 0 N–H and O–H groups in total. The second-order valence-corrected chi connectivity index (χ2v) is 6.97.